The predicted molar refractivity (Wildman–Crippen MR) is 61.7 cm³/mol. The minimum atomic E-state index is 0.344. The van der Waals surface area contributed by atoms with Gasteiger partial charge in [-0.2, -0.15) is 0 Å². The molecule has 1 aromatic carbocycles. The summed E-state index contributed by atoms with van der Waals surface area (Å²) < 4.78 is 0. The van der Waals surface area contributed by atoms with Gasteiger partial charge in [-0.1, -0.05) is 30.3 Å². The van der Waals surface area contributed by atoms with Crippen molar-refractivity contribution in [3.63, 3.8) is 0 Å². The average molecular weight is 202 g/mol. The lowest BCUT2D eigenvalue weighted by Crippen LogP contribution is -2.17. The van der Waals surface area contributed by atoms with E-state index in [0.717, 1.165) is 25.0 Å². The van der Waals surface area contributed by atoms with Gasteiger partial charge >= 0.3 is 0 Å². The Morgan fingerprint density at radius 1 is 1.07 bits per heavy atom. The van der Waals surface area contributed by atoms with Crippen LogP contribution < -0.4 is 0 Å². The summed E-state index contributed by atoms with van der Waals surface area (Å²) in [6, 6.07) is 10.7. The first-order chi connectivity index (χ1) is 7.38. The summed E-state index contributed by atoms with van der Waals surface area (Å²) in [6.07, 6.45) is 6.96. The Morgan fingerprint density at radius 2 is 1.73 bits per heavy atom. The molecule has 1 saturated carbocycles. The molecule has 0 bridgehead atoms. The van der Waals surface area contributed by atoms with E-state index in [9.17, 15) is 4.79 Å². The minimum absolute atomic E-state index is 0.344. The molecular formula is C14H18O. The summed E-state index contributed by atoms with van der Waals surface area (Å²) in [6.45, 7) is 0. The smallest absolute Gasteiger partial charge is 0.123 e. The highest BCUT2D eigenvalue weighted by molar-refractivity contribution is 5.53. The largest absolute Gasteiger partial charge is 0.303 e. The SMILES string of the molecule is O=CC1CCC(Cc2ccccc2)CC1. The van der Waals surface area contributed by atoms with Crippen LogP contribution in [0.5, 0.6) is 0 Å². The molecule has 0 unspecified atom stereocenters. The maximum atomic E-state index is 10.6. The molecule has 0 atom stereocenters. The van der Waals surface area contributed by atoms with Gasteiger partial charge < -0.3 is 4.79 Å². The van der Waals surface area contributed by atoms with Crippen LogP contribution in [0.4, 0.5) is 0 Å². The molecule has 0 amide bonds. The number of rotatable bonds is 3. The van der Waals surface area contributed by atoms with Crippen LogP contribution in [0.2, 0.25) is 0 Å². The lowest BCUT2D eigenvalue weighted by molar-refractivity contribution is -0.112. The van der Waals surface area contributed by atoms with Gasteiger partial charge in [-0.3, -0.25) is 0 Å². The van der Waals surface area contributed by atoms with E-state index in [-0.39, 0.29) is 0 Å². The lowest BCUT2D eigenvalue weighted by atomic mass is 9.80. The minimum Gasteiger partial charge on any atom is -0.303 e. The molecule has 1 heteroatoms. The van der Waals surface area contributed by atoms with E-state index >= 15 is 0 Å². The maximum absolute atomic E-state index is 10.6. The third kappa shape index (κ3) is 2.92. The van der Waals surface area contributed by atoms with Crippen molar-refractivity contribution in [1.82, 2.24) is 0 Å². The molecule has 0 radical (unpaired) electrons. The highest BCUT2D eigenvalue weighted by Crippen LogP contribution is 2.29. The van der Waals surface area contributed by atoms with Crippen molar-refractivity contribution < 1.29 is 4.79 Å². The second-order valence-electron chi connectivity index (χ2n) is 4.61. The van der Waals surface area contributed by atoms with Gasteiger partial charge in [0.2, 0.25) is 0 Å². The number of hydrogen-bond donors (Lipinski definition) is 0. The molecule has 1 aliphatic rings. The molecule has 0 N–H and O–H groups in total. The standard InChI is InChI=1S/C14H18O/c15-11-14-8-6-13(7-9-14)10-12-4-2-1-3-5-12/h1-5,11,13-14H,6-10H2. The van der Waals surface area contributed by atoms with E-state index in [0.29, 0.717) is 5.92 Å². The Hall–Kier alpha value is -1.11. The molecule has 0 spiro atoms. The number of benzene rings is 1. The number of aldehydes is 1. The van der Waals surface area contributed by atoms with Crippen molar-refractivity contribution in [3.8, 4) is 0 Å². The topological polar surface area (TPSA) is 17.1 Å². The van der Waals surface area contributed by atoms with Gasteiger partial charge in [0.05, 0.1) is 0 Å². The van der Waals surface area contributed by atoms with Crippen LogP contribution in [-0.4, -0.2) is 6.29 Å². The van der Waals surface area contributed by atoms with E-state index < -0.39 is 0 Å². The molecule has 1 aliphatic carbocycles. The van der Waals surface area contributed by atoms with Gasteiger partial charge in [-0.25, -0.2) is 0 Å². The predicted octanol–water partition coefficient (Wildman–Crippen LogP) is 3.23. The van der Waals surface area contributed by atoms with Gasteiger partial charge in [-0.05, 0) is 43.6 Å². The summed E-state index contributed by atoms with van der Waals surface area (Å²) in [7, 11) is 0. The molecule has 1 aromatic rings. The maximum Gasteiger partial charge on any atom is 0.123 e. The fraction of sp³-hybridized carbons (Fsp3) is 0.500. The van der Waals surface area contributed by atoms with Gasteiger partial charge in [0, 0.05) is 5.92 Å². The van der Waals surface area contributed by atoms with Crippen LogP contribution in [0.15, 0.2) is 30.3 Å². The Bertz CT molecular complexity index is 296. The number of hydrogen-bond acceptors (Lipinski definition) is 1. The monoisotopic (exact) mass is 202 g/mol. The molecule has 0 saturated heterocycles. The highest BCUT2D eigenvalue weighted by Gasteiger charge is 2.20. The summed E-state index contributed by atoms with van der Waals surface area (Å²) in [4.78, 5) is 10.6. The van der Waals surface area contributed by atoms with Crippen molar-refractivity contribution in [2.45, 2.75) is 32.1 Å². The van der Waals surface area contributed by atoms with Gasteiger partial charge in [0.15, 0.2) is 0 Å². The van der Waals surface area contributed by atoms with Crippen LogP contribution in [0.1, 0.15) is 31.2 Å². The van der Waals surface area contributed by atoms with E-state index in [1.54, 1.807) is 0 Å². The van der Waals surface area contributed by atoms with Crippen LogP contribution in [0.25, 0.3) is 0 Å². The second-order valence-corrected chi connectivity index (χ2v) is 4.61. The first-order valence-electron chi connectivity index (χ1n) is 5.87. The Balaban J connectivity index is 1.85. The second kappa shape index (κ2) is 5.11. The van der Waals surface area contributed by atoms with Gasteiger partial charge in [-0.15, -0.1) is 0 Å². The van der Waals surface area contributed by atoms with Crippen LogP contribution in [-0.2, 0) is 11.2 Å². The molecule has 1 fully saturated rings. The van der Waals surface area contributed by atoms with Crippen LogP contribution in [0.3, 0.4) is 0 Å². The molecule has 0 aromatic heterocycles. The first-order valence-corrected chi connectivity index (χ1v) is 5.87. The Labute approximate surface area is 91.5 Å². The molecular weight excluding hydrogens is 184 g/mol. The number of carbonyl (C=O) groups is 1. The van der Waals surface area contributed by atoms with Crippen LogP contribution >= 0.6 is 0 Å². The average Bonchev–Trinajstić information content (AvgIpc) is 2.31. The van der Waals surface area contributed by atoms with Crippen molar-refractivity contribution in [3.05, 3.63) is 35.9 Å². The molecule has 2 rings (SSSR count). The normalized spacial score (nSPS) is 26.1. The van der Waals surface area contributed by atoms with Crippen molar-refractivity contribution in [2.75, 3.05) is 0 Å². The quantitative estimate of drug-likeness (QED) is 0.688. The van der Waals surface area contributed by atoms with Crippen LogP contribution in [0, 0.1) is 11.8 Å². The molecule has 80 valence electrons. The van der Waals surface area contributed by atoms with Crippen molar-refractivity contribution in [2.24, 2.45) is 11.8 Å². The third-order valence-corrected chi connectivity index (χ3v) is 3.45. The third-order valence-electron chi connectivity index (χ3n) is 3.45. The highest BCUT2D eigenvalue weighted by atomic mass is 16.1. The molecule has 15 heavy (non-hydrogen) atoms. The fourth-order valence-corrected chi connectivity index (χ4v) is 2.48. The molecule has 0 aliphatic heterocycles. The van der Waals surface area contributed by atoms with Crippen molar-refractivity contribution in [1.29, 1.82) is 0 Å². The first kappa shape index (κ1) is 10.4. The Kier molecular flexibility index (Phi) is 3.54. The van der Waals surface area contributed by atoms with E-state index in [1.165, 1.54) is 24.8 Å². The molecule has 0 heterocycles. The summed E-state index contributed by atoms with van der Waals surface area (Å²) in [5.74, 6) is 1.14. The summed E-state index contributed by atoms with van der Waals surface area (Å²) in [5.41, 5.74) is 1.44. The van der Waals surface area contributed by atoms with Crippen molar-refractivity contribution >= 4 is 6.29 Å². The zero-order chi connectivity index (χ0) is 10.5. The zero-order valence-electron chi connectivity index (χ0n) is 9.06. The van der Waals surface area contributed by atoms with E-state index in [2.05, 4.69) is 30.3 Å². The fourth-order valence-electron chi connectivity index (χ4n) is 2.48. The van der Waals surface area contributed by atoms with E-state index in [4.69, 9.17) is 0 Å². The van der Waals surface area contributed by atoms with Gasteiger partial charge in [0.1, 0.15) is 6.29 Å². The lowest BCUT2D eigenvalue weighted by Gasteiger charge is -2.25. The van der Waals surface area contributed by atoms with E-state index in [1.807, 2.05) is 0 Å². The Morgan fingerprint density at radius 3 is 2.33 bits per heavy atom. The summed E-state index contributed by atoms with van der Waals surface area (Å²) in [5, 5.41) is 0. The zero-order valence-corrected chi connectivity index (χ0v) is 9.06. The summed E-state index contributed by atoms with van der Waals surface area (Å²) >= 11 is 0. The number of carbonyl (C=O) groups excluding carboxylic acids is 1. The van der Waals surface area contributed by atoms with Gasteiger partial charge in [0.25, 0.3) is 0 Å². The molecule has 1 nitrogen and oxygen atoms in total.